The molecule has 19 heavy (non-hydrogen) atoms. The van der Waals surface area contributed by atoms with Crippen LogP contribution in [0.15, 0.2) is 12.4 Å². The fourth-order valence-electron chi connectivity index (χ4n) is 2.77. The number of nitrogens with zero attached hydrogens (tertiary/aromatic N) is 3. The van der Waals surface area contributed by atoms with Crippen LogP contribution in [0, 0.1) is 18.3 Å². The largest absolute Gasteiger partial charge is 0.390 e. The molecule has 0 unspecified atom stereocenters. The summed E-state index contributed by atoms with van der Waals surface area (Å²) in [7, 11) is 0. The van der Waals surface area contributed by atoms with Crippen molar-refractivity contribution in [3.05, 3.63) is 23.7 Å². The van der Waals surface area contributed by atoms with Crippen molar-refractivity contribution in [2.45, 2.75) is 12.5 Å². The van der Waals surface area contributed by atoms with Crippen molar-refractivity contribution in [2.75, 3.05) is 25.4 Å². The molecule has 1 aliphatic heterocycles. The van der Waals surface area contributed by atoms with E-state index in [4.69, 9.17) is 12.2 Å². The predicted octanol–water partition coefficient (Wildman–Crippen LogP) is -0.0758. The van der Waals surface area contributed by atoms with E-state index in [2.05, 4.69) is 26.9 Å². The summed E-state index contributed by atoms with van der Waals surface area (Å²) in [6, 6.07) is 0. The van der Waals surface area contributed by atoms with E-state index in [0.717, 1.165) is 36.3 Å². The van der Waals surface area contributed by atoms with Gasteiger partial charge in [0.1, 0.15) is 12.1 Å². The standard InChI is InChI=1S/C14H16N4O/c1-2-9-5-18(7-12(9)19)6-10-3-4-11-13(10)16-8-17-14(11)15/h1,3,8-9,12,19H,4-7H2,(H2,15,16,17)/t9-,12-/m0/s1. The molecule has 5 heteroatoms. The van der Waals surface area contributed by atoms with Crippen molar-refractivity contribution in [1.82, 2.24) is 14.9 Å². The van der Waals surface area contributed by atoms with Gasteiger partial charge in [-0.15, -0.1) is 6.42 Å². The van der Waals surface area contributed by atoms with E-state index < -0.39 is 6.10 Å². The molecule has 0 amide bonds. The lowest BCUT2D eigenvalue weighted by Gasteiger charge is -2.16. The second kappa shape index (κ2) is 4.65. The first-order valence-electron chi connectivity index (χ1n) is 6.34. The molecule has 5 nitrogen and oxygen atoms in total. The number of allylic oxidation sites excluding steroid dienone is 1. The van der Waals surface area contributed by atoms with Crippen LogP contribution < -0.4 is 5.73 Å². The highest BCUT2D eigenvalue weighted by molar-refractivity contribution is 5.74. The SMILES string of the molecule is C#C[C@H]1CN(CC2=CCc3c(N)ncnc32)C[C@@H]1O. The van der Waals surface area contributed by atoms with Gasteiger partial charge in [-0.25, -0.2) is 9.97 Å². The number of rotatable bonds is 2. The minimum Gasteiger partial charge on any atom is -0.390 e. The Morgan fingerprint density at radius 1 is 1.47 bits per heavy atom. The Morgan fingerprint density at radius 3 is 3.05 bits per heavy atom. The summed E-state index contributed by atoms with van der Waals surface area (Å²) >= 11 is 0. The molecule has 0 radical (unpaired) electrons. The third-order valence-corrected chi connectivity index (χ3v) is 3.81. The van der Waals surface area contributed by atoms with Gasteiger partial charge in [-0.1, -0.05) is 12.0 Å². The molecule has 2 aliphatic rings. The average molecular weight is 256 g/mol. The number of hydrogen-bond acceptors (Lipinski definition) is 5. The van der Waals surface area contributed by atoms with Crippen LogP contribution in [0.5, 0.6) is 0 Å². The molecule has 1 fully saturated rings. The maximum absolute atomic E-state index is 9.82. The van der Waals surface area contributed by atoms with Crippen molar-refractivity contribution in [2.24, 2.45) is 5.92 Å². The molecule has 3 N–H and O–H groups in total. The van der Waals surface area contributed by atoms with Gasteiger partial charge in [-0.05, 0) is 12.0 Å². The first-order valence-corrected chi connectivity index (χ1v) is 6.34. The van der Waals surface area contributed by atoms with Crippen LogP contribution in [0.4, 0.5) is 5.82 Å². The number of aliphatic hydroxyl groups is 1. The highest BCUT2D eigenvalue weighted by atomic mass is 16.3. The highest BCUT2D eigenvalue weighted by Crippen LogP contribution is 2.30. The van der Waals surface area contributed by atoms with E-state index in [1.54, 1.807) is 0 Å². The van der Waals surface area contributed by atoms with E-state index >= 15 is 0 Å². The van der Waals surface area contributed by atoms with Gasteiger partial charge in [-0.3, -0.25) is 4.90 Å². The molecule has 0 saturated carbocycles. The zero-order valence-corrected chi connectivity index (χ0v) is 10.6. The van der Waals surface area contributed by atoms with Crippen molar-refractivity contribution >= 4 is 11.4 Å². The monoisotopic (exact) mass is 256 g/mol. The molecule has 0 bridgehead atoms. The Balaban J connectivity index is 1.74. The molecule has 98 valence electrons. The maximum atomic E-state index is 9.82. The predicted molar refractivity (Wildman–Crippen MR) is 72.9 cm³/mol. The maximum Gasteiger partial charge on any atom is 0.130 e. The minimum absolute atomic E-state index is 0.0723. The molecule has 1 saturated heterocycles. The topological polar surface area (TPSA) is 75.3 Å². The third-order valence-electron chi connectivity index (χ3n) is 3.81. The Bertz CT molecular complexity index is 575. The van der Waals surface area contributed by atoms with Crippen LogP contribution in [0.1, 0.15) is 11.3 Å². The Labute approximate surface area is 112 Å². The van der Waals surface area contributed by atoms with E-state index in [1.807, 2.05) is 0 Å². The lowest BCUT2D eigenvalue weighted by molar-refractivity contribution is 0.161. The molecule has 2 heterocycles. The van der Waals surface area contributed by atoms with E-state index in [1.165, 1.54) is 6.33 Å². The van der Waals surface area contributed by atoms with Gasteiger partial charge in [0.05, 0.1) is 17.7 Å². The number of terminal acetylenes is 1. The molecule has 1 aliphatic carbocycles. The number of β-amino-alcohol motifs (C(OH)–C–C–N with tert-alkyl or cyclic N) is 1. The number of hydrogen-bond donors (Lipinski definition) is 2. The zero-order valence-electron chi connectivity index (χ0n) is 10.6. The van der Waals surface area contributed by atoms with Crippen LogP contribution in [0.2, 0.25) is 0 Å². The number of nitrogen functional groups attached to an aromatic ring is 1. The molecule has 2 atom stereocenters. The van der Waals surface area contributed by atoms with Gasteiger partial charge in [0.15, 0.2) is 0 Å². The van der Waals surface area contributed by atoms with Crippen LogP contribution in [-0.4, -0.2) is 45.7 Å². The number of anilines is 1. The van der Waals surface area contributed by atoms with Crippen molar-refractivity contribution in [3.8, 4) is 12.3 Å². The number of likely N-dealkylation sites (tertiary alicyclic amines) is 1. The highest BCUT2D eigenvalue weighted by Gasteiger charge is 2.31. The summed E-state index contributed by atoms with van der Waals surface area (Å²) in [5.74, 6) is 3.12. The van der Waals surface area contributed by atoms with E-state index in [-0.39, 0.29) is 5.92 Å². The summed E-state index contributed by atoms with van der Waals surface area (Å²) in [4.78, 5) is 10.5. The van der Waals surface area contributed by atoms with Crippen molar-refractivity contribution in [3.63, 3.8) is 0 Å². The second-order valence-electron chi connectivity index (χ2n) is 5.05. The van der Waals surface area contributed by atoms with Gasteiger partial charge in [0.25, 0.3) is 0 Å². The fourth-order valence-corrected chi connectivity index (χ4v) is 2.77. The number of aliphatic hydroxyl groups excluding tert-OH is 1. The van der Waals surface area contributed by atoms with Crippen LogP contribution in [0.3, 0.4) is 0 Å². The summed E-state index contributed by atoms with van der Waals surface area (Å²) in [5.41, 5.74) is 8.93. The normalized spacial score (nSPS) is 26.0. The first kappa shape index (κ1) is 12.2. The average Bonchev–Trinajstić information content (AvgIpc) is 2.95. The summed E-state index contributed by atoms with van der Waals surface area (Å²) < 4.78 is 0. The lowest BCUT2D eigenvalue weighted by atomic mass is 10.1. The van der Waals surface area contributed by atoms with Gasteiger partial charge in [0.2, 0.25) is 0 Å². The quantitative estimate of drug-likeness (QED) is 0.724. The van der Waals surface area contributed by atoms with E-state index in [9.17, 15) is 5.11 Å². The molecular formula is C14H16N4O. The van der Waals surface area contributed by atoms with Crippen LogP contribution >= 0.6 is 0 Å². The lowest BCUT2D eigenvalue weighted by Crippen LogP contribution is -2.24. The van der Waals surface area contributed by atoms with Crippen molar-refractivity contribution < 1.29 is 5.11 Å². The molecule has 1 aromatic heterocycles. The first-order chi connectivity index (χ1) is 9.19. The number of fused-ring (bicyclic) bond motifs is 1. The van der Waals surface area contributed by atoms with E-state index in [0.29, 0.717) is 12.4 Å². The molecule has 0 aromatic carbocycles. The van der Waals surface area contributed by atoms with Gasteiger partial charge >= 0.3 is 0 Å². The smallest absolute Gasteiger partial charge is 0.130 e. The van der Waals surface area contributed by atoms with Gasteiger partial charge in [-0.2, -0.15) is 0 Å². The van der Waals surface area contributed by atoms with Crippen LogP contribution in [-0.2, 0) is 6.42 Å². The molecular weight excluding hydrogens is 240 g/mol. The summed E-state index contributed by atoms with van der Waals surface area (Å²) in [5, 5.41) is 9.82. The fraction of sp³-hybridized carbons (Fsp3) is 0.429. The Kier molecular flexibility index (Phi) is 2.97. The summed E-state index contributed by atoms with van der Waals surface area (Å²) in [6.07, 6.45) is 9.38. The van der Waals surface area contributed by atoms with Crippen LogP contribution in [0.25, 0.3) is 5.57 Å². The molecule has 1 aromatic rings. The van der Waals surface area contributed by atoms with Gasteiger partial charge in [0, 0.05) is 25.2 Å². The Hall–Kier alpha value is -1.90. The Morgan fingerprint density at radius 2 is 2.32 bits per heavy atom. The number of aromatic nitrogens is 2. The number of nitrogens with two attached hydrogens (primary N) is 1. The molecule has 3 rings (SSSR count). The second-order valence-corrected chi connectivity index (χ2v) is 5.05. The van der Waals surface area contributed by atoms with Gasteiger partial charge < -0.3 is 10.8 Å². The third kappa shape index (κ3) is 2.09. The summed E-state index contributed by atoms with van der Waals surface area (Å²) in [6.45, 7) is 2.09. The van der Waals surface area contributed by atoms with Crippen molar-refractivity contribution in [1.29, 1.82) is 0 Å². The zero-order chi connectivity index (χ0) is 13.4. The molecule has 0 spiro atoms. The minimum atomic E-state index is -0.429.